The lowest BCUT2D eigenvalue weighted by Crippen LogP contribution is -2.39. The van der Waals surface area contributed by atoms with Gasteiger partial charge in [-0.15, -0.1) is 0 Å². The molecule has 0 unspecified atom stereocenters. The Kier molecular flexibility index (Phi) is 11.3. The van der Waals surface area contributed by atoms with Crippen molar-refractivity contribution in [1.29, 1.82) is 0 Å². The average Bonchev–Trinajstić information content (AvgIpc) is 3.24. The van der Waals surface area contributed by atoms with Crippen molar-refractivity contribution in [2.45, 2.75) is 77.2 Å². The van der Waals surface area contributed by atoms with Crippen LogP contribution in [0.15, 0.2) is 57.6 Å². The molecule has 0 spiro atoms. The minimum absolute atomic E-state index is 0.0306. The van der Waals surface area contributed by atoms with Gasteiger partial charge in [0.05, 0.1) is 41.4 Å². The van der Waals surface area contributed by atoms with Gasteiger partial charge in [-0.3, -0.25) is 9.59 Å². The van der Waals surface area contributed by atoms with E-state index in [0.29, 0.717) is 59.4 Å². The third-order valence-corrected chi connectivity index (χ3v) is 9.27. The number of carbonyl (C=O) groups is 2. The molecule has 0 aromatic heterocycles. The third kappa shape index (κ3) is 7.94. The predicted molar refractivity (Wildman–Crippen MR) is 167 cm³/mol. The van der Waals surface area contributed by atoms with Gasteiger partial charge in [0, 0.05) is 16.0 Å². The smallest absolute Gasteiger partial charge is 0.416 e. The molecule has 6 nitrogen and oxygen atoms in total. The number of amides is 2. The van der Waals surface area contributed by atoms with Gasteiger partial charge in [-0.05, 0) is 74.1 Å². The number of hydrogen-bond acceptors (Lipinski definition) is 5. The van der Waals surface area contributed by atoms with Crippen LogP contribution in [-0.4, -0.2) is 39.8 Å². The monoisotopic (exact) mass is 731 g/mol. The summed E-state index contributed by atoms with van der Waals surface area (Å²) in [4.78, 5) is 27.8. The highest BCUT2D eigenvalue weighted by atomic mass is 79.9. The average molecular weight is 733 g/mol. The third-order valence-electron chi connectivity index (χ3n) is 8.78. The number of benzene rings is 2. The van der Waals surface area contributed by atoms with Crippen molar-refractivity contribution in [2.75, 3.05) is 11.5 Å². The van der Waals surface area contributed by atoms with Crippen LogP contribution in [0.3, 0.4) is 0 Å². The first kappa shape index (κ1) is 36.7. The number of phenols is 1. The standard InChI is InChI=1S/C34H36BrF6NO5/c1-3-5-18(11-20-12-23(35)8-10-27(20)44)7-9-28(45)29-19(6-4-2)13-25-30(26(29)17-43)32(47)42(31(25)46)24-15-21(33(36,37)38)14-22(16-24)34(39,40)41/h8,10-12,14-16,25-26,28,30,43-45H,3-7,9,13,17H2,1-2H3/b18-11+/t25-,26+,28-,30-/m1/s1. The molecule has 256 valence electrons. The highest BCUT2D eigenvalue weighted by Crippen LogP contribution is 2.49. The minimum atomic E-state index is -5.18. The molecule has 1 saturated heterocycles. The van der Waals surface area contributed by atoms with Crippen LogP contribution < -0.4 is 4.90 Å². The normalized spacial score (nSPS) is 21.5. The molecule has 0 saturated carbocycles. The highest BCUT2D eigenvalue weighted by Gasteiger charge is 2.55. The molecule has 0 bridgehead atoms. The molecule has 4 atom stereocenters. The van der Waals surface area contributed by atoms with Gasteiger partial charge in [-0.2, -0.15) is 26.3 Å². The van der Waals surface area contributed by atoms with Crippen molar-refractivity contribution in [3.63, 3.8) is 0 Å². The van der Waals surface area contributed by atoms with Crippen LogP contribution in [0, 0.1) is 17.8 Å². The van der Waals surface area contributed by atoms with E-state index in [1.807, 2.05) is 19.9 Å². The molecular formula is C34H36BrF6NO5. The summed E-state index contributed by atoms with van der Waals surface area (Å²) in [5.74, 6) is -5.39. The Bertz CT molecular complexity index is 1530. The van der Waals surface area contributed by atoms with Crippen LogP contribution in [0.25, 0.3) is 6.08 Å². The Morgan fingerprint density at radius 2 is 1.62 bits per heavy atom. The lowest BCUT2D eigenvalue weighted by molar-refractivity contribution is -0.143. The molecule has 1 fully saturated rings. The zero-order chi connectivity index (χ0) is 34.8. The van der Waals surface area contributed by atoms with Crippen LogP contribution >= 0.6 is 15.9 Å². The van der Waals surface area contributed by atoms with Gasteiger partial charge in [0.25, 0.3) is 0 Å². The minimum Gasteiger partial charge on any atom is -0.507 e. The molecule has 1 heterocycles. The number of aliphatic hydroxyl groups excluding tert-OH is 2. The van der Waals surface area contributed by atoms with Crippen molar-refractivity contribution >= 4 is 39.5 Å². The molecule has 47 heavy (non-hydrogen) atoms. The fourth-order valence-corrected chi connectivity index (χ4v) is 7.13. The Hall–Kier alpha value is -3.16. The molecular weight excluding hydrogens is 696 g/mol. The first-order chi connectivity index (χ1) is 22.0. The number of nitrogens with zero attached hydrogens (tertiary/aromatic N) is 1. The Balaban J connectivity index is 1.69. The summed E-state index contributed by atoms with van der Waals surface area (Å²) in [6.07, 6.45) is -6.74. The van der Waals surface area contributed by atoms with Crippen molar-refractivity contribution in [2.24, 2.45) is 17.8 Å². The van der Waals surface area contributed by atoms with E-state index in [1.54, 1.807) is 18.2 Å². The van der Waals surface area contributed by atoms with E-state index >= 15 is 0 Å². The summed E-state index contributed by atoms with van der Waals surface area (Å²) in [5, 5.41) is 32.4. The van der Waals surface area contributed by atoms with Gasteiger partial charge < -0.3 is 15.3 Å². The van der Waals surface area contributed by atoms with Crippen molar-refractivity contribution in [1.82, 2.24) is 0 Å². The summed E-state index contributed by atoms with van der Waals surface area (Å²) < 4.78 is 82.4. The molecule has 2 aromatic rings. The topological polar surface area (TPSA) is 98.1 Å². The van der Waals surface area contributed by atoms with Crippen LogP contribution in [0.4, 0.5) is 32.0 Å². The van der Waals surface area contributed by atoms with Crippen molar-refractivity contribution < 1.29 is 51.3 Å². The number of aromatic hydroxyl groups is 1. The van der Waals surface area contributed by atoms with E-state index in [1.165, 1.54) is 0 Å². The second kappa shape index (κ2) is 14.5. The van der Waals surface area contributed by atoms with Gasteiger partial charge in [-0.25, -0.2) is 4.90 Å². The van der Waals surface area contributed by atoms with E-state index in [-0.39, 0.29) is 24.7 Å². The number of aliphatic hydroxyl groups is 2. The molecule has 0 radical (unpaired) electrons. The number of hydrogen-bond donors (Lipinski definition) is 3. The van der Waals surface area contributed by atoms with Crippen LogP contribution in [-0.2, 0) is 21.9 Å². The molecule has 1 aliphatic carbocycles. The maximum atomic E-state index is 13.8. The lowest BCUT2D eigenvalue weighted by atomic mass is 9.67. The van der Waals surface area contributed by atoms with E-state index in [9.17, 15) is 51.3 Å². The molecule has 4 rings (SSSR count). The van der Waals surface area contributed by atoms with Crippen molar-refractivity contribution in [3.8, 4) is 5.75 Å². The second-order valence-electron chi connectivity index (χ2n) is 12.0. The summed E-state index contributed by atoms with van der Waals surface area (Å²) >= 11 is 3.38. The van der Waals surface area contributed by atoms with Gasteiger partial charge in [0.1, 0.15) is 5.75 Å². The molecule has 1 aliphatic heterocycles. The molecule has 13 heteroatoms. The lowest BCUT2D eigenvalue weighted by Gasteiger charge is -2.36. The molecule has 3 N–H and O–H groups in total. The number of carbonyl (C=O) groups excluding carboxylic acids is 2. The van der Waals surface area contributed by atoms with E-state index in [0.717, 1.165) is 16.5 Å². The summed E-state index contributed by atoms with van der Waals surface area (Å²) in [7, 11) is 0. The fraction of sp³-hybridized carbons (Fsp3) is 0.471. The molecule has 2 aromatic carbocycles. The first-order valence-corrected chi connectivity index (χ1v) is 16.2. The maximum absolute atomic E-state index is 13.8. The highest BCUT2D eigenvalue weighted by molar-refractivity contribution is 9.10. The number of allylic oxidation sites excluding steroid dienone is 2. The molecule has 2 amide bonds. The second-order valence-corrected chi connectivity index (χ2v) is 12.9. The van der Waals surface area contributed by atoms with Gasteiger partial charge >= 0.3 is 12.4 Å². The summed E-state index contributed by atoms with van der Waals surface area (Å²) in [6, 6.07) is 5.61. The zero-order valence-electron chi connectivity index (χ0n) is 25.8. The predicted octanol–water partition coefficient (Wildman–Crippen LogP) is 8.43. The van der Waals surface area contributed by atoms with E-state index in [2.05, 4.69) is 15.9 Å². The maximum Gasteiger partial charge on any atom is 0.416 e. The number of phenolic OH excluding ortho intramolecular Hbond substituents is 1. The van der Waals surface area contributed by atoms with E-state index in [4.69, 9.17) is 0 Å². The molecule has 2 aliphatic rings. The Morgan fingerprint density at radius 1 is 0.979 bits per heavy atom. The number of rotatable bonds is 11. The fourth-order valence-electron chi connectivity index (χ4n) is 6.75. The first-order valence-electron chi connectivity index (χ1n) is 15.4. The Morgan fingerprint density at radius 3 is 2.17 bits per heavy atom. The number of anilines is 1. The number of imide groups is 1. The summed E-state index contributed by atoms with van der Waals surface area (Å²) in [6.45, 7) is 3.17. The van der Waals surface area contributed by atoms with Gasteiger partial charge in [0.2, 0.25) is 11.8 Å². The van der Waals surface area contributed by atoms with Gasteiger partial charge in [0.15, 0.2) is 0 Å². The van der Waals surface area contributed by atoms with Crippen LogP contribution in [0.2, 0.25) is 0 Å². The Labute approximate surface area is 276 Å². The number of halogens is 7. The zero-order valence-corrected chi connectivity index (χ0v) is 27.3. The van der Waals surface area contributed by atoms with Crippen LogP contribution in [0.5, 0.6) is 5.75 Å². The van der Waals surface area contributed by atoms with E-state index < -0.39 is 71.4 Å². The quantitative estimate of drug-likeness (QED) is 0.123. The van der Waals surface area contributed by atoms with Crippen LogP contribution in [0.1, 0.15) is 75.5 Å². The summed E-state index contributed by atoms with van der Waals surface area (Å²) in [5.41, 5.74) is -1.66. The van der Waals surface area contributed by atoms with Gasteiger partial charge in [-0.1, -0.05) is 59.8 Å². The number of fused-ring (bicyclic) bond motifs is 1. The largest absolute Gasteiger partial charge is 0.507 e. The van der Waals surface area contributed by atoms with Crippen molar-refractivity contribution in [3.05, 3.63) is 74.3 Å². The SMILES string of the molecule is CCCC1=C([C@H](O)CC/C(=C/c2cc(Br)ccc2O)CCC)[C@H](CO)[C@@H]2C(=O)N(c3cc(C(F)(F)F)cc(C(F)(F)F)c3)C(=O)[C@@H]2C1. The number of alkyl halides is 6.